The van der Waals surface area contributed by atoms with E-state index in [1.165, 1.54) is 35.4 Å². The van der Waals surface area contributed by atoms with E-state index in [1.807, 2.05) is 18.2 Å². The van der Waals surface area contributed by atoms with E-state index in [0.29, 0.717) is 34.4 Å². The number of anilines is 1. The molecule has 0 aliphatic heterocycles. The highest BCUT2D eigenvalue weighted by Gasteiger charge is 2.13. The van der Waals surface area contributed by atoms with Gasteiger partial charge in [-0.2, -0.15) is 5.26 Å². The molecule has 3 rings (SSSR count). The van der Waals surface area contributed by atoms with E-state index in [9.17, 15) is 10.1 Å². The van der Waals surface area contributed by atoms with Crippen LogP contribution in [0.15, 0.2) is 60.2 Å². The van der Waals surface area contributed by atoms with Crippen LogP contribution in [0.25, 0.3) is 6.08 Å². The molecule has 0 saturated heterocycles. The minimum Gasteiger partial charge on any atom is -0.495 e. The second kappa shape index (κ2) is 10.7. The van der Waals surface area contributed by atoms with Crippen molar-refractivity contribution in [2.24, 2.45) is 0 Å². The number of methoxy groups -OCH3 is 1. The largest absolute Gasteiger partial charge is 0.495 e. The molecule has 6 heteroatoms. The second-order valence-corrected chi connectivity index (χ2v) is 8.14. The summed E-state index contributed by atoms with van der Waals surface area (Å²) in [5.41, 5.74) is 5.86. The average Bonchev–Trinajstić information content (AvgIpc) is 2.77. The van der Waals surface area contributed by atoms with Gasteiger partial charge in [0.05, 0.1) is 12.8 Å². The van der Waals surface area contributed by atoms with Crippen molar-refractivity contribution in [3.8, 4) is 17.6 Å². The van der Waals surface area contributed by atoms with E-state index in [4.69, 9.17) is 21.1 Å². The minimum absolute atomic E-state index is 0.0448. The summed E-state index contributed by atoms with van der Waals surface area (Å²) >= 11 is 6.01. The van der Waals surface area contributed by atoms with Gasteiger partial charge in [0.1, 0.15) is 29.7 Å². The Morgan fingerprint density at radius 2 is 1.73 bits per heavy atom. The van der Waals surface area contributed by atoms with Crippen LogP contribution in [-0.4, -0.2) is 13.0 Å². The Bertz CT molecular complexity index is 1220. The number of nitriles is 1. The quantitative estimate of drug-likeness (QED) is 0.327. The molecule has 5 nitrogen and oxygen atoms in total. The molecule has 0 unspecified atom stereocenters. The number of hydrogen-bond acceptors (Lipinski definition) is 4. The molecule has 33 heavy (non-hydrogen) atoms. The molecule has 1 N–H and O–H groups in total. The Labute approximate surface area is 199 Å². The standard InChI is InChI=1S/C27H25ClN2O3/c1-17-11-18(2)24(19(3)12-17)16-33-23-8-5-20(6-9-23)13-21(15-29)27(31)30-25-14-22(28)7-10-26(25)32-4/h5-14H,16H2,1-4H3,(H,30,31)/b21-13+. The lowest BCUT2D eigenvalue weighted by Crippen LogP contribution is -2.14. The number of carbonyl (C=O) groups excluding carboxylic acids is 1. The molecule has 0 heterocycles. The summed E-state index contributed by atoms with van der Waals surface area (Å²) in [5.74, 6) is 0.604. The summed E-state index contributed by atoms with van der Waals surface area (Å²) in [6, 6.07) is 18.3. The van der Waals surface area contributed by atoms with E-state index in [-0.39, 0.29) is 5.57 Å². The van der Waals surface area contributed by atoms with Gasteiger partial charge in [0, 0.05) is 5.02 Å². The van der Waals surface area contributed by atoms with Gasteiger partial charge in [-0.15, -0.1) is 0 Å². The first-order valence-electron chi connectivity index (χ1n) is 10.4. The van der Waals surface area contributed by atoms with Crippen LogP contribution < -0.4 is 14.8 Å². The van der Waals surface area contributed by atoms with Crippen molar-refractivity contribution in [3.05, 3.63) is 93.0 Å². The number of hydrogen-bond donors (Lipinski definition) is 1. The van der Waals surface area contributed by atoms with Crippen molar-refractivity contribution in [1.82, 2.24) is 0 Å². The van der Waals surface area contributed by atoms with E-state index in [2.05, 4.69) is 38.2 Å². The molecule has 0 aromatic heterocycles. The number of rotatable bonds is 7. The molecule has 0 bridgehead atoms. The van der Waals surface area contributed by atoms with Crippen molar-refractivity contribution in [2.45, 2.75) is 27.4 Å². The molecular weight excluding hydrogens is 436 g/mol. The van der Waals surface area contributed by atoms with E-state index in [1.54, 1.807) is 30.3 Å². The van der Waals surface area contributed by atoms with E-state index < -0.39 is 5.91 Å². The molecule has 3 aromatic rings. The summed E-state index contributed by atoms with van der Waals surface area (Å²) in [6.45, 7) is 6.72. The Morgan fingerprint density at radius 3 is 2.33 bits per heavy atom. The Morgan fingerprint density at radius 1 is 1.06 bits per heavy atom. The van der Waals surface area contributed by atoms with Crippen molar-refractivity contribution < 1.29 is 14.3 Å². The highest BCUT2D eigenvalue weighted by atomic mass is 35.5. The van der Waals surface area contributed by atoms with Gasteiger partial charge in [-0.05, 0) is 79.4 Å². The van der Waals surface area contributed by atoms with Crippen molar-refractivity contribution in [2.75, 3.05) is 12.4 Å². The normalized spacial score (nSPS) is 11.0. The molecule has 0 aliphatic carbocycles. The molecule has 1 amide bonds. The predicted octanol–water partition coefficient (Wildman–Crippen LogP) is 6.40. The number of halogens is 1. The van der Waals surface area contributed by atoms with Crippen molar-refractivity contribution in [3.63, 3.8) is 0 Å². The third-order valence-electron chi connectivity index (χ3n) is 5.19. The molecular formula is C27H25ClN2O3. The SMILES string of the molecule is COc1ccc(Cl)cc1NC(=O)/C(C#N)=C/c1ccc(OCc2c(C)cc(C)cc2C)cc1. The Hall–Kier alpha value is -3.75. The third-order valence-corrected chi connectivity index (χ3v) is 5.42. The minimum atomic E-state index is -0.552. The van der Waals surface area contributed by atoms with Gasteiger partial charge >= 0.3 is 0 Å². The van der Waals surface area contributed by atoms with Crippen LogP contribution in [0.2, 0.25) is 5.02 Å². The zero-order valence-electron chi connectivity index (χ0n) is 19.0. The smallest absolute Gasteiger partial charge is 0.266 e. The first-order chi connectivity index (χ1) is 15.8. The zero-order chi connectivity index (χ0) is 24.0. The van der Waals surface area contributed by atoms with Crippen molar-refractivity contribution >= 4 is 29.3 Å². The summed E-state index contributed by atoms with van der Waals surface area (Å²) in [5, 5.41) is 12.6. The van der Waals surface area contributed by atoms with Crippen LogP contribution in [-0.2, 0) is 11.4 Å². The number of carbonyl (C=O) groups is 1. The summed E-state index contributed by atoms with van der Waals surface area (Å²) in [4.78, 5) is 12.6. The first-order valence-corrected chi connectivity index (χ1v) is 10.7. The van der Waals surface area contributed by atoms with Gasteiger partial charge in [-0.3, -0.25) is 4.79 Å². The summed E-state index contributed by atoms with van der Waals surface area (Å²) in [7, 11) is 1.49. The fraction of sp³-hybridized carbons (Fsp3) is 0.185. The third kappa shape index (κ3) is 6.15. The van der Waals surface area contributed by atoms with E-state index in [0.717, 1.165) is 0 Å². The fourth-order valence-electron chi connectivity index (χ4n) is 3.54. The molecule has 168 valence electrons. The van der Waals surface area contributed by atoms with Gasteiger partial charge in [0.25, 0.3) is 5.91 Å². The highest BCUT2D eigenvalue weighted by molar-refractivity contribution is 6.31. The molecule has 0 atom stereocenters. The van der Waals surface area contributed by atoms with Crippen LogP contribution in [0.4, 0.5) is 5.69 Å². The lowest BCUT2D eigenvalue weighted by atomic mass is 10.0. The first kappa shape index (κ1) is 23.9. The second-order valence-electron chi connectivity index (χ2n) is 7.70. The molecule has 0 aliphatic rings. The molecule has 0 fully saturated rings. The van der Waals surface area contributed by atoms with Crippen LogP contribution in [0.5, 0.6) is 11.5 Å². The number of nitrogens with one attached hydrogen (secondary N) is 1. The van der Waals surface area contributed by atoms with Crippen LogP contribution in [0, 0.1) is 32.1 Å². The van der Waals surface area contributed by atoms with Crippen LogP contribution in [0.1, 0.15) is 27.8 Å². The lowest BCUT2D eigenvalue weighted by molar-refractivity contribution is -0.112. The van der Waals surface area contributed by atoms with Crippen LogP contribution in [0.3, 0.4) is 0 Å². The van der Waals surface area contributed by atoms with Gasteiger partial charge in [-0.1, -0.05) is 41.4 Å². The van der Waals surface area contributed by atoms with Crippen molar-refractivity contribution in [1.29, 1.82) is 5.26 Å². The lowest BCUT2D eigenvalue weighted by Gasteiger charge is -2.13. The summed E-state index contributed by atoms with van der Waals surface area (Å²) in [6.07, 6.45) is 1.52. The molecule has 0 saturated carbocycles. The van der Waals surface area contributed by atoms with E-state index >= 15 is 0 Å². The monoisotopic (exact) mass is 460 g/mol. The maximum absolute atomic E-state index is 12.6. The summed E-state index contributed by atoms with van der Waals surface area (Å²) < 4.78 is 11.2. The maximum Gasteiger partial charge on any atom is 0.266 e. The fourth-order valence-corrected chi connectivity index (χ4v) is 3.71. The number of amides is 1. The Kier molecular flexibility index (Phi) is 7.76. The zero-order valence-corrected chi connectivity index (χ0v) is 19.8. The number of aryl methyl sites for hydroxylation is 3. The number of nitrogens with zero attached hydrogens (tertiary/aromatic N) is 1. The topological polar surface area (TPSA) is 71.3 Å². The molecule has 3 aromatic carbocycles. The van der Waals surface area contributed by atoms with Gasteiger partial charge < -0.3 is 14.8 Å². The predicted molar refractivity (Wildman–Crippen MR) is 132 cm³/mol. The average molecular weight is 461 g/mol. The molecule has 0 radical (unpaired) electrons. The van der Waals surface area contributed by atoms with Gasteiger partial charge in [-0.25, -0.2) is 0 Å². The number of ether oxygens (including phenoxy) is 2. The highest BCUT2D eigenvalue weighted by Crippen LogP contribution is 2.28. The Balaban J connectivity index is 1.70. The van der Waals surface area contributed by atoms with Gasteiger partial charge in [0.2, 0.25) is 0 Å². The molecule has 0 spiro atoms. The van der Waals surface area contributed by atoms with Gasteiger partial charge in [0.15, 0.2) is 0 Å². The maximum atomic E-state index is 12.6. The number of benzene rings is 3. The van der Waals surface area contributed by atoms with Crippen LogP contribution >= 0.6 is 11.6 Å².